The molecule has 3 heteroatoms. The lowest BCUT2D eigenvalue weighted by Crippen LogP contribution is -2.41. The third kappa shape index (κ3) is 2.15. The maximum Gasteiger partial charge on any atom is 0.227 e. The first-order valence-electron chi connectivity index (χ1n) is 6.30. The molecule has 1 aromatic carbocycles. The molecule has 0 spiro atoms. The van der Waals surface area contributed by atoms with E-state index in [0.29, 0.717) is 6.54 Å². The number of benzene rings is 1. The van der Waals surface area contributed by atoms with Crippen molar-refractivity contribution >= 4 is 11.3 Å². The molecule has 0 saturated heterocycles. The highest BCUT2D eigenvalue weighted by Gasteiger charge is 2.16. The zero-order chi connectivity index (χ0) is 13.2. The van der Waals surface area contributed by atoms with E-state index in [1.807, 2.05) is 66.5 Å². The Kier molecular flexibility index (Phi) is 2.88. The number of Topliss-reactive ketones (excluding diaryl/α,β-unsaturated/α-hetero) is 1. The van der Waals surface area contributed by atoms with Crippen LogP contribution in [0.3, 0.4) is 0 Å². The van der Waals surface area contributed by atoms with Crippen LogP contribution in [0.15, 0.2) is 61.1 Å². The topological polar surface area (TPSA) is 25.4 Å². The molecule has 3 rings (SSSR count). The van der Waals surface area contributed by atoms with Crippen molar-refractivity contribution in [1.82, 2.24) is 4.40 Å². The summed E-state index contributed by atoms with van der Waals surface area (Å²) in [4.78, 5) is 12.2. The van der Waals surface area contributed by atoms with Gasteiger partial charge in [0.1, 0.15) is 5.52 Å². The van der Waals surface area contributed by atoms with E-state index in [9.17, 15) is 4.79 Å². The van der Waals surface area contributed by atoms with Gasteiger partial charge in [-0.3, -0.25) is 4.79 Å². The summed E-state index contributed by atoms with van der Waals surface area (Å²) in [7, 11) is 0. The molecular formula is C16H15N2O+. The molecule has 0 aliphatic carbocycles. The number of hydrogen-bond donors (Lipinski definition) is 0. The molecule has 3 nitrogen and oxygen atoms in total. The van der Waals surface area contributed by atoms with Gasteiger partial charge in [-0.05, 0) is 12.1 Å². The highest BCUT2D eigenvalue weighted by atomic mass is 16.1. The fourth-order valence-electron chi connectivity index (χ4n) is 2.28. The van der Waals surface area contributed by atoms with Crippen molar-refractivity contribution in [1.29, 1.82) is 0 Å². The maximum atomic E-state index is 12.2. The molecular weight excluding hydrogens is 236 g/mol. The summed E-state index contributed by atoms with van der Waals surface area (Å²) in [5.74, 6) is 0.129. The van der Waals surface area contributed by atoms with Crippen molar-refractivity contribution in [3.8, 4) is 0 Å². The van der Waals surface area contributed by atoms with E-state index in [0.717, 1.165) is 16.8 Å². The molecule has 2 heterocycles. The first-order valence-corrected chi connectivity index (χ1v) is 6.30. The van der Waals surface area contributed by atoms with Crippen LogP contribution in [0, 0.1) is 6.92 Å². The Morgan fingerprint density at radius 2 is 1.89 bits per heavy atom. The average molecular weight is 251 g/mol. The van der Waals surface area contributed by atoms with E-state index in [1.54, 1.807) is 0 Å². The number of ketones is 1. The number of aryl methyl sites for hydroxylation is 1. The summed E-state index contributed by atoms with van der Waals surface area (Å²) in [6.45, 7) is 2.41. The van der Waals surface area contributed by atoms with Gasteiger partial charge in [0.05, 0.1) is 6.20 Å². The van der Waals surface area contributed by atoms with Gasteiger partial charge in [0.2, 0.25) is 18.0 Å². The Hall–Kier alpha value is -2.42. The minimum Gasteiger partial charge on any atom is -0.313 e. The molecule has 0 N–H and O–H groups in total. The van der Waals surface area contributed by atoms with E-state index in [-0.39, 0.29) is 5.78 Å². The van der Waals surface area contributed by atoms with Crippen LogP contribution < -0.4 is 4.57 Å². The summed E-state index contributed by atoms with van der Waals surface area (Å²) in [6.07, 6.45) is 5.93. The van der Waals surface area contributed by atoms with Crippen molar-refractivity contribution in [2.24, 2.45) is 0 Å². The van der Waals surface area contributed by atoms with Crippen LogP contribution in [0.5, 0.6) is 0 Å². The van der Waals surface area contributed by atoms with Crippen molar-refractivity contribution in [3.05, 3.63) is 72.3 Å². The van der Waals surface area contributed by atoms with Crippen molar-refractivity contribution in [2.75, 3.05) is 0 Å². The van der Waals surface area contributed by atoms with Gasteiger partial charge in [-0.2, -0.15) is 4.57 Å². The molecule has 19 heavy (non-hydrogen) atoms. The molecule has 0 bridgehead atoms. The second kappa shape index (κ2) is 4.69. The van der Waals surface area contributed by atoms with E-state index in [4.69, 9.17) is 0 Å². The van der Waals surface area contributed by atoms with Gasteiger partial charge in [-0.25, -0.2) is 0 Å². The van der Waals surface area contributed by atoms with Crippen LogP contribution in [0.2, 0.25) is 0 Å². The van der Waals surface area contributed by atoms with Crippen LogP contribution in [0.1, 0.15) is 16.1 Å². The summed E-state index contributed by atoms with van der Waals surface area (Å²) in [6, 6.07) is 13.5. The fraction of sp³-hybridized carbons (Fsp3) is 0.125. The summed E-state index contributed by atoms with van der Waals surface area (Å²) < 4.78 is 4.05. The van der Waals surface area contributed by atoms with Crippen molar-refractivity contribution in [2.45, 2.75) is 13.5 Å². The molecule has 94 valence electrons. The molecule has 0 amide bonds. The largest absolute Gasteiger partial charge is 0.313 e. The van der Waals surface area contributed by atoms with Crippen LogP contribution in [0.4, 0.5) is 0 Å². The fourth-order valence-corrected chi connectivity index (χ4v) is 2.28. The Bertz CT molecular complexity index is 729. The highest BCUT2D eigenvalue weighted by molar-refractivity contribution is 5.94. The van der Waals surface area contributed by atoms with Gasteiger partial charge in [0.15, 0.2) is 6.20 Å². The number of rotatable bonds is 3. The number of fused-ring (bicyclic) bond motifs is 1. The smallest absolute Gasteiger partial charge is 0.227 e. The van der Waals surface area contributed by atoms with Gasteiger partial charge in [-0.15, -0.1) is 0 Å². The van der Waals surface area contributed by atoms with E-state index >= 15 is 0 Å². The van der Waals surface area contributed by atoms with Crippen LogP contribution in [-0.2, 0) is 6.54 Å². The van der Waals surface area contributed by atoms with Crippen LogP contribution >= 0.6 is 0 Å². The Balaban J connectivity index is 1.93. The van der Waals surface area contributed by atoms with Crippen LogP contribution in [0.25, 0.3) is 5.52 Å². The van der Waals surface area contributed by atoms with Crippen molar-refractivity contribution < 1.29 is 9.36 Å². The first kappa shape index (κ1) is 11.7. The molecule has 0 unspecified atom stereocenters. The van der Waals surface area contributed by atoms with Crippen molar-refractivity contribution in [3.63, 3.8) is 0 Å². The highest BCUT2D eigenvalue weighted by Crippen LogP contribution is 2.07. The predicted molar refractivity (Wildman–Crippen MR) is 73.1 cm³/mol. The molecule has 3 aromatic rings. The molecule has 0 fully saturated rings. The van der Waals surface area contributed by atoms with Gasteiger partial charge in [0, 0.05) is 18.7 Å². The van der Waals surface area contributed by atoms with Gasteiger partial charge >= 0.3 is 0 Å². The summed E-state index contributed by atoms with van der Waals surface area (Å²) in [5.41, 5.74) is 2.98. The molecule has 0 aliphatic heterocycles. The molecule has 0 radical (unpaired) electrons. The Morgan fingerprint density at radius 1 is 1.11 bits per heavy atom. The normalized spacial score (nSPS) is 10.8. The molecule has 0 aliphatic rings. The Morgan fingerprint density at radius 3 is 2.68 bits per heavy atom. The zero-order valence-electron chi connectivity index (χ0n) is 10.8. The van der Waals surface area contributed by atoms with E-state index in [1.165, 1.54) is 0 Å². The Labute approximate surface area is 111 Å². The number of nitrogens with zero attached hydrogens (tertiary/aromatic N) is 2. The quantitative estimate of drug-likeness (QED) is 0.518. The lowest BCUT2D eigenvalue weighted by atomic mass is 10.1. The van der Waals surface area contributed by atoms with E-state index < -0.39 is 0 Å². The molecule has 0 saturated carbocycles. The second-order valence-corrected chi connectivity index (χ2v) is 4.60. The van der Waals surface area contributed by atoms with E-state index in [2.05, 4.69) is 10.5 Å². The van der Waals surface area contributed by atoms with Gasteiger partial charge < -0.3 is 4.40 Å². The average Bonchev–Trinajstić information content (AvgIpc) is 2.92. The minimum atomic E-state index is 0.129. The third-order valence-electron chi connectivity index (χ3n) is 3.40. The third-order valence-corrected chi connectivity index (χ3v) is 3.40. The number of carbonyl (C=O) groups excluding carboxylic acids is 1. The monoisotopic (exact) mass is 251 g/mol. The lowest BCUT2D eigenvalue weighted by Gasteiger charge is -2.02. The lowest BCUT2D eigenvalue weighted by molar-refractivity contribution is -0.688. The SMILES string of the molecule is Cc1c2cccn2cc[n+]1CC(=O)c1ccccc1. The minimum absolute atomic E-state index is 0.129. The maximum absolute atomic E-state index is 12.2. The first-order chi connectivity index (χ1) is 9.25. The number of hydrogen-bond acceptors (Lipinski definition) is 1. The number of carbonyl (C=O) groups is 1. The number of aromatic nitrogens is 2. The summed E-state index contributed by atoms with van der Waals surface area (Å²) in [5, 5.41) is 0. The predicted octanol–water partition coefficient (Wildman–Crippen LogP) is 2.42. The second-order valence-electron chi connectivity index (χ2n) is 4.60. The zero-order valence-corrected chi connectivity index (χ0v) is 10.8. The van der Waals surface area contributed by atoms with Gasteiger partial charge in [0.25, 0.3) is 0 Å². The van der Waals surface area contributed by atoms with Crippen LogP contribution in [-0.4, -0.2) is 10.2 Å². The van der Waals surface area contributed by atoms with Gasteiger partial charge in [-0.1, -0.05) is 30.3 Å². The molecule has 0 atom stereocenters. The molecule has 2 aromatic heterocycles. The standard InChI is InChI=1S/C16H15N2O/c1-13-15-8-5-9-17(15)10-11-18(13)12-16(19)14-6-3-2-4-7-14/h2-11H,12H2,1H3/q+1. The summed E-state index contributed by atoms with van der Waals surface area (Å²) >= 11 is 0.